The summed E-state index contributed by atoms with van der Waals surface area (Å²) < 4.78 is 50.3. The summed E-state index contributed by atoms with van der Waals surface area (Å²) >= 11 is 0. The fourth-order valence-electron chi connectivity index (χ4n) is 2.94. The topological polar surface area (TPSA) is 67.9 Å². The first-order chi connectivity index (χ1) is 13.0. The van der Waals surface area contributed by atoms with Gasteiger partial charge in [0, 0.05) is 25.6 Å². The first-order valence-electron chi connectivity index (χ1n) is 8.95. The van der Waals surface area contributed by atoms with Gasteiger partial charge in [-0.15, -0.1) is 0 Å². The van der Waals surface area contributed by atoms with Gasteiger partial charge in [-0.1, -0.05) is 30.3 Å². The Labute approximate surface area is 162 Å². The molecule has 0 aromatic heterocycles. The van der Waals surface area contributed by atoms with Crippen LogP contribution in [0, 0.1) is 11.8 Å². The Balaban J connectivity index is 1.93. The summed E-state index contributed by atoms with van der Waals surface area (Å²) in [7, 11) is 0. The Morgan fingerprint density at radius 3 is 2.36 bits per heavy atom. The van der Waals surface area contributed by atoms with Crippen molar-refractivity contribution < 1.29 is 32.2 Å². The maximum absolute atomic E-state index is 13.4. The number of carbonyl (C=O) groups is 2. The lowest BCUT2D eigenvalue weighted by molar-refractivity contribution is -0.179. The van der Waals surface area contributed by atoms with E-state index in [9.17, 15) is 22.8 Å². The molecule has 1 N–H and O–H groups in total. The molecular formula is C19H25F3N2O4. The second kappa shape index (κ2) is 8.70. The lowest BCUT2D eigenvalue weighted by Gasteiger charge is -2.23. The van der Waals surface area contributed by atoms with Crippen LogP contribution in [-0.4, -0.2) is 48.5 Å². The molecule has 0 bridgehead atoms. The van der Waals surface area contributed by atoms with Gasteiger partial charge in [-0.05, 0) is 26.3 Å². The zero-order valence-electron chi connectivity index (χ0n) is 16.1. The van der Waals surface area contributed by atoms with E-state index in [2.05, 4.69) is 5.32 Å². The number of amides is 2. The van der Waals surface area contributed by atoms with Crippen LogP contribution in [0.15, 0.2) is 30.3 Å². The molecule has 0 aliphatic carbocycles. The van der Waals surface area contributed by atoms with Crippen LogP contribution in [0.25, 0.3) is 0 Å². The van der Waals surface area contributed by atoms with Crippen molar-refractivity contribution in [3.05, 3.63) is 35.9 Å². The third-order valence-electron chi connectivity index (χ3n) is 4.23. The molecule has 0 unspecified atom stereocenters. The third kappa shape index (κ3) is 6.61. The fourth-order valence-corrected chi connectivity index (χ4v) is 2.94. The molecule has 1 heterocycles. The third-order valence-corrected chi connectivity index (χ3v) is 4.23. The minimum Gasteiger partial charge on any atom is -0.445 e. The average molecular weight is 402 g/mol. The molecular weight excluding hydrogens is 377 g/mol. The van der Waals surface area contributed by atoms with Crippen LogP contribution in [0.4, 0.5) is 22.8 Å². The SMILES string of the molecule is CC(C)(C)OC(=O)NC[C@@H]1CN(C(=O)OCc2ccccc2)C[C@H]1C(F)(F)F. The Hall–Kier alpha value is -2.45. The van der Waals surface area contributed by atoms with Crippen molar-refractivity contribution in [3.63, 3.8) is 0 Å². The van der Waals surface area contributed by atoms with Gasteiger partial charge in [0.15, 0.2) is 0 Å². The van der Waals surface area contributed by atoms with Crippen LogP contribution in [0.5, 0.6) is 0 Å². The van der Waals surface area contributed by atoms with Gasteiger partial charge in [-0.3, -0.25) is 0 Å². The van der Waals surface area contributed by atoms with E-state index >= 15 is 0 Å². The Morgan fingerprint density at radius 1 is 1.14 bits per heavy atom. The molecule has 9 heteroatoms. The normalized spacial score (nSPS) is 20.0. The van der Waals surface area contributed by atoms with E-state index in [1.807, 2.05) is 6.07 Å². The van der Waals surface area contributed by atoms with Crippen molar-refractivity contribution in [1.82, 2.24) is 10.2 Å². The van der Waals surface area contributed by atoms with Crippen LogP contribution in [-0.2, 0) is 16.1 Å². The second-order valence-electron chi connectivity index (χ2n) is 7.74. The highest BCUT2D eigenvalue weighted by Gasteiger charge is 2.51. The monoisotopic (exact) mass is 402 g/mol. The number of halogens is 3. The predicted molar refractivity (Wildman–Crippen MR) is 95.5 cm³/mol. The van der Waals surface area contributed by atoms with Crippen LogP contribution in [0.1, 0.15) is 26.3 Å². The molecule has 1 fully saturated rings. The van der Waals surface area contributed by atoms with E-state index in [4.69, 9.17) is 9.47 Å². The lowest BCUT2D eigenvalue weighted by Crippen LogP contribution is -2.39. The van der Waals surface area contributed by atoms with E-state index in [1.165, 1.54) is 0 Å². The molecule has 0 radical (unpaired) electrons. The molecule has 1 aromatic carbocycles. The highest BCUT2D eigenvalue weighted by molar-refractivity contribution is 5.69. The molecule has 1 aliphatic heterocycles. The Morgan fingerprint density at radius 2 is 1.79 bits per heavy atom. The number of rotatable bonds is 4. The van der Waals surface area contributed by atoms with Crippen LogP contribution < -0.4 is 5.32 Å². The van der Waals surface area contributed by atoms with Gasteiger partial charge in [-0.25, -0.2) is 9.59 Å². The quantitative estimate of drug-likeness (QED) is 0.828. The minimum absolute atomic E-state index is 0.0202. The largest absolute Gasteiger partial charge is 0.445 e. The number of nitrogens with one attached hydrogen (secondary N) is 1. The van der Waals surface area contributed by atoms with Crippen molar-refractivity contribution >= 4 is 12.2 Å². The number of hydrogen-bond donors (Lipinski definition) is 1. The van der Waals surface area contributed by atoms with Gasteiger partial charge in [-0.2, -0.15) is 13.2 Å². The molecule has 28 heavy (non-hydrogen) atoms. The van der Waals surface area contributed by atoms with Crippen molar-refractivity contribution in [2.45, 2.75) is 39.2 Å². The maximum Gasteiger partial charge on any atom is 0.410 e. The molecule has 0 saturated carbocycles. The summed E-state index contributed by atoms with van der Waals surface area (Å²) in [4.78, 5) is 24.9. The van der Waals surface area contributed by atoms with Gasteiger partial charge in [0.1, 0.15) is 12.2 Å². The first kappa shape index (κ1) is 21.8. The summed E-state index contributed by atoms with van der Waals surface area (Å²) in [5.74, 6) is -2.72. The van der Waals surface area contributed by atoms with Crippen LogP contribution in [0.3, 0.4) is 0 Å². The number of likely N-dealkylation sites (tertiary alicyclic amines) is 1. The van der Waals surface area contributed by atoms with Crippen molar-refractivity contribution in [3.8, 4) is 0 Å². The van der Waals surface area contributed by atoms with E-state index in [0.29, 0.717) is 0 Å². The molecule has 0 spiro atoms. The molecule has 1 saturated heterocycles. The number of benzene rings is 1. The number of alkyl carbamates (subject to hydrolysis) is 1. The number of ether oxygens (including phenoxy) is 2. The van der Waals surface area contributed by atoms with Gasteiger partial charge >= 0.3 is 18.4 Å². The highest BCUT2D eigenvalue weighted by atomic mass is 19.4. The number of hydrogen-bond acceptors (Lipinski definition) is 4. The summed E-state index contributed by atoms with van der Waals surface area (Å²) in [6, 6.07) is 8.86. The zero-order chi connectivity index (χ0) is 20.9. The molecule has 156 valence electrons. The van der Waals surface area contributed by atoms with Crippen molar-refractivity contribution in [2.75, 3.05) is 19.6 Å². The van der Waals surface area contributed by atoms with Crippen molar-refractivity contribution in [2.24, 2.45) is 11.8 Å². The van der Waals surface area contributed by atoms with Gasteiger partial charge in [0.05, 0.1) is 5.92 Å². The fraction of sp³-hybridized carbons (Fsp3) is 0.579. The molecule has 1 aliphatic rings. The molecule has 6 nitrogen and oxygen atoms in total. The standard InChI is InChI=1S/C19H25F3N2O4/c1-18(2,3)28-16(25)23-9-14-10-24(11-15(14)19(20,21)22)17(26)27-12-13-7-5-4-6-8-13/h4-8,14-15H,9-12H2,1-3H3,(H,23,25)/t14-,15-/m1/s1. The van der Waals surface area contributed by atoms with Crippen LogP contribution in [0.2, 0.25) is 0 Å². The first-order valence-corrected chi connectivity index (χ1v) is 8.95. The molecule has 1 aromatic rings. The lowest BCUT2D eigenvalue weighted by atomic mass is 9.95. The average Bonchev–Trinajstić information content (AvgIpc) is 3.02. The number of carbonyl (C=O) groups excluding carboxylic acids is 2. The molecule has 2 atom stereocenters. The predicted octanol–water partition coefficient (Wildman–Crippen LogP) is 3.96. The summed E-state index contributed by atoms with van der Waals surface area (Å²) in [6.45, 7) is 4.04. The summed E-state index contributed by atoms with van der Waals surface area (Å²) in [5, 5.41) is 2.36. The smallest absolute Gasteiger partial charge is 0.410 e. The summed E-state index contributed by atoms with van der Waals surface area (Å²) in [5.41, 5.74) is -0.0122. The van der Waals surface area contributed by atoms with E-state index < -0.39 is 42.3 Å². The zero-order valence-corrected chi connectivity index (χ0v) is 16.1. The van der Waals surface area contributed by atoms with E-state index in [0.717, 1.165) is 10.5 Å². The minimum atomic E-state index is -4.49. The van der Waals surface area contributed by atoms with Crippen molar-refractivity contribution in [1.29, 1.82) is 0 Å². The molecule has 2 rings (SSSR count). The highest BCUT2D eigenvalue weighted by Crippen LogP contribution is 2.37. The Kier molecular flexibility index (Phi) is 6.79. The van der Waals surface area contributed by atoms with Gasteiger partial charge in [0.2, 0.25) is 0 Å². The number of nitrogens with zero attached hydrogens (tertiary/aromatic N) is 1. The number of alkyl halides is 3. The van der Waals surface area contributed by atoms with E-state index in [1.54, 1.807) is 45.0 Å². The summed E-state index contributed by atoms with van der Waals surface area (Å²) in [6.07, 6.45) is -6.09. The molecule has 2 amide bonds. The van der Waals surface area contributed by atoms with Crippen LogP contribution >= 0.6 is 0 Å². The van der Waals surface area contributed by atoms with Gasteiger partial charge < -0.3 is 19.7 Å². The second-order valence-corrected chi connectivity index (χ2v) is 7.74. The van der Waals surface area contributed by atoms with E-state index in [-0.39, 0.29) is 19.7 Å². The van der Waals surface area contributed by atoms with Gasteiger partial charge in [0.25, 0.3) is 0 Å². The Bertz CT molecular complexity index is 674. The maximum atomic E-state index is 13.4.